The average Bonchev–Trinajstić information content (AvgIpc) is 2.68. The zero-order valence-corrected chi connectivity index (χ0v) is 14.3. The van der Waals surface area contributed by atoms with E-state index in [1.165, 1.54) is 0 Å². The van der Waals surface area contributed by atoms with Gasteiger partial charge in [0.2, 0.25) is 0 Å². The first-order valence-corrected chi connectivity index (χ1v) is 8.57. The summed E-state index contributed by atoms with van der Waals surface area (Å²) >= 11 is 6.41. The summed E-state index contributed by atoms with van der Waals surface area (Å²) in [5.74, 6) is 0.493. The number of aromatic nitrogens is 3. The van der Waals surface area contributed by atoms with E-state index in [0.717, 1.165) is 10.9 Å². The summed E-state index contributed by atoms with van der Waals surface area (Å²) in [7, 11) is 0. The largest absolute Gasteiger partial charge is 0.268 e. The second-order valence-electron chi connectivity index (χ2n) is 6.03. The van der Waals surface area contributed by atoms with Crippen LogP contribution in [-0.2, 0) is 0 Å². The second-order valence-corrected chi connectivity index (χ2v) is 6.43. The van der Waals surface area contributed by atoms with Crippen LogP contribution in [0.5, 0.6) is 0 Å². The Balaban J connectivity index is 2.09. The van der Waals surface area contributed by atoms with Gasteiger partial charge in [-0.1, -0.05) is 48.0 Å². The Morgan fingerprint density at radius 1 is 0.731 bits per heavy atom. The molecule has 5 heteroatoms. The van der Waals surface area contributed by atoms with Crippen LogP contribution in [0, 0.1) is 0 Å². The third-order valence-electron chi connectivity index (χ3n) is 4.47. The summed E-state index contributed by atoms with van der Waals surface area (Å²) in [6.45, 7) is 0. The number of rotatable bonds is 1. The molecule has 0 aliphatic carbocycles. The van der Waals surface area contributed by atoms with Crippen molar-refractivity contribution in [3.63, 3.8) is 0 Å². The first kappa shape index (κ1) is 15.0. The monoisotopic (exact) mass is 357 g/mol. The zero-order chi connectivity index (χ0) is 17.7. The number of nitrogens with zero attached hydrogens (tertiary/aromatic N) is 3. The SMILES string of the molecule is O=c1c2ccccc2nc2c3ccccc3nc(-c3ccccc3Cl)n12. The Bertz CT molecular complexity index is 1370. The molecule has 0 atom stereocenters. The lowest BCUT2D eigenvalue weighted by Crippen LogP contribution is -2.18. The van der Waals surface area contributed by atoms with Crippen molar-refractivity contribution in [3.8, 4) is 11.4 Å². The molecule has 0 fully saturated rings. The van der Waals surface area contributed by atoms with Crippen LogP contribution in [0.2, 0.25) is 5.02 Å². The minimum atomic E-state index is -0.154. The highest BCUT2D eigenvalue weighted by molar-refractivity contribution is 6.33. The van der Waals surface area contributed by atoms with Gasteiger partial charge < -0.3 is 0 Å². The molecular weight excluding hydrogens is 346 g/mol. The summed E-state index contributed by atoms with van der Waals surface area (Å²) in [5.41, 5.74) is 2.56. The van der Waals surface area contributed by atoms with Crippen LogP contribution in [0.15, 0.2) is 77.6 Å². The Hall–Kier alpha value is -3.24. The van der Waals surface area contributed by atoms with Crippen LogP contribution < -0.4 is 5.56 Å². The topological polar surface area (TPSA) is 47.3 Å². The van der Waals surface area contributed by atoms with Gasteiger partial charge in [-0.15, -0.1) is 0 Å². The van der Waals surface area contributed by atoms with E-state index >= 15 is 0 Å². The Morgan fingerprint density at radius 2 is 1.35 bits per heavy atom. The van der Waals surface area contributed by atoms with Gasteiger partial charge in [-0.05, 0) is 36.4 Å². The van der Waals surface area contributed by atoms with Gasteiger partial charge in [0, 0.05) is 10.9 Å². The molecule has 4 nitrogen and oxygen atoms in total. The minimum absolute atomic E-state index is 0.154. The van der Waals surface area contributed by atoms with E-state index in [-0.39, 0.29) is 5.56 Å². The number of halogens is 1. The number of fused-ring (bicyclic) bond motifs is 4. The molecular formula is C21H12ClN3O. The fraction of sp³-hybridized carbons (Fsp3) is 0. The lowest BCUT2D eigenvalue weighted by Gasteiger charge is -2.12. The fourth-order valence-electron chi connectivity index (χ4n) is 3.26. The van der Waals surface area contributed by atoms with E-state index in [1.54, 1.807) is 16.5 Å². The predicted octanol–water partition coefficient (Wildman–Crippen LogP) is 4.72. The molecule has 2 aromatic heterocycles. The highest BCUT2D eigenvalue weighted by Crippen LogP contribution is 2.29. The Labute approximate surface area is 153 Å². The fourth-order valence-corrected chi connectivity index (χ4v) is 3.48. The maximum atomic E-state index is 13.3. The number of para-hydroxylation sites is 2. The highest BCUT2D eigenvalue weighted by atomic mass is 35.5. The molecule has 0 aliphatic rings. The molecule has 0 amide bonds. The van der Waals surface area contributed by atoms with Crippen LogP contribution in [0.3, 0.4) is 0 Å². The first-order chi connectivity index (χ1) is 12.7. The number of hydrogen-bond donors (Lipinski definition) is 0. The average molecular weight is 358 g/mol. The molecule has 26 heavy (non-hydrogen) atoms. The zero-order valence-electron chi connectivity index (χ0n) is 13.6. The van der Waals surface area contributed by atoms with E-state index < -0.39 is 0 Å². The van der Waals surface area contributed by atoms with Gasteiger partial charge in [0.1, 0.15) is 0 Å². The molecule has 2 heterocycles. The van der Waals surface area contributed by atoms with Gasteiger partial charge >= 0.3 is 0 Å². The van der Waals surface area contributed by atoms with E-state index in [1.807, 2.05) is 60.7 Å². The van der Waals surface area contributed by atoms with Crippen molar-refractivity contribution < 1.29 is 0 Å². The maximum absolute atomic E-state index is 13.3. The van der Waals surface area contributed by atoms with E-state index in [2.05, 4.69) is 0 Å². The van der Waals surface area contributed by atoms with Gasteiger partial charge in [-0.3, -0.25) is 4.79 Å². The highest BCUT2D eigenvalue weighted by Gasteiger charge is 2.16. The van der Waals surface area contributed by atoms with Crippen molar-refractivity contribution in [3.05, 3.63) is 88.2 Å². The molecule has 3 aromatic carbocycles. The molecule has 0 unspecified atom stereocenters. The third-order valence-corrected chi connectivity index (χ3v) is 4.80. The van der Waals surface area contributed by atoms with Crippen molar-refractivity contribution in [1.82, 2.24) is 14.4 Å². The molecule has 0 bridgehead atoms. The lowest BCUT2D eigenvalue weighted by atomic mass is 10.1. The van der Waals surface area contributed by atoms with Crippen LogP contribution in [0.4, 0.5) is 0 Å². The predicted molar refractivity (Wildman–Crippen MR) is 105 cm³/mol. The Kier molecular flexibility index (Phi) is 3.27. The van der Waals surface area contributed by atoms with Crippen molar-refractivity contribution in [2.75, 3.05) is 0 Å². The normalized spacial score (nSPS) is 11.4. The van der Waals surface area contributed by atoms with Gasteiger partial charge in [0.15, 0.2) is 11.5 Å². The molecule has 5 aromatic rings. The van der Waals surface area contributed by atoms with Gasteiger partial charge in [-0.25, -0.2) is 14.4 Å². The quantitative estimate of drug-likeness (QED) is 0.322. The summed E-state index contributed by atoms with van der Waals surface area (Å²) in [6.07, 6.45) is 0. The summed E-state index contributed by atoms with van der Waals surface area (Å²) in [5, 5.41) is 1.91. The van der Waals surface area contributed by atoms with Crippen LogP contribution >= 0.6 is 11.6 Å². The van der Waals surface area contributed by atoms with Crippen molar-refractivity contribution in [2.24, 2.45) is 0 Å². The molecule has 0 spiro atoms. The standard InChI is InChI=1S/C21H12ClN3O/c22-16-10-4-1-7-13(16)19-23-17-11-5-2-8-14(17)20-24-18-12-6-3-9-15(18)21(26)25(19)20/h1-12H. The summed E-state index contributed by atoms with van der Waals surface area (Å²) < 4.78 is 1.56. The molecule has 0 radical (unpaired) electrons. The summed E-state index contributed by atoms with van der Waals surface area (Å²) in [6, 6.07) is 22.4. The Morgan fingerprint density at radius 3 is 2.12 bits per heavy atom. The third kappa shape index (κ3) is 2.13. The van der Waals surface area contributed by atoms with Gasteiger partial charge in [0.05, 0.1) is 21.4 Å². The van der Waals surface area contributed by atoms with E-state index in [9.17, 15) is 4.79 Å². The smallest absolute Gasteiger partial charge is 0.267 e. The van der Waals surface area contributed by atoms with Crippen molar-refractivity contribution in [1.29, 1.82) is 0 Å². The molecule has 124 valence electrons. The van der Waals surface area contributed by atoms with Crippen molar-refractivity contribution in [2.45, 2.75) is 0 Å². The molecule has 0 saturated carbocycles. The summed E-state index contributed by atoms with van der Waals surface area (Å²) in [4.78, 5) is 22.8. The van der Waals surface area contributed by atoms with Crippen LogP contribution in [-0.4, -0.2) is 14.4 Å². The van der Waals surface area contributed by atoms with Crippen molar-refractivity contribution >= 4 is 39.1 Å². The molecule has 5 rings (SSSR count). The van der Waals surface area contributed by atoms with Gasteiger partial charge in [0.25, 0.3) is 5.56 Å². The number of hydrogen-bond acceptors (Lipinski definition) is 3. The number of benzene rings is 3. The molecule has 0 N–H and O–H groups in total. The lowest BCUT2D eigenvalue weighted by molar-refractivity contribution is 1.05. The van der Waals surface area contributed by atoms with Crippen LogP contribution in [0.25, 0.3) is 38.8 Å². The van der Waals surface area contributed by atoms with E-state index in [4.69, 9.17) is 21.6 Å². The van der Waals surface area contributed by atoms with Gasteiger partial charge in [-0.2, -0.15) is 0 Å². The maximum Gasteiger partial charge on any atom is 0.267 e. The molecule has 0 saturated heterocycles. The first-order valence-electron chi connectivity index (χ1n) is 8.19. The van der Waals surface area contributed by atoms with E-state index in [0.29, 0.717) is 33.0 Å². The second kappa shape index (κ2) is 5.64. The van der Waals surface area contributed by atoms with Crippen LogP contribution in [0.1, 0.15) is 0 Å². The minimum Gasteiger partial charge on any atom is -0.268 e. The molecule has 0 aliphatic heterocycles.